The van der Waals surface area contributed by atoms with E-state index in [1.54, 1.807) is 11.7 Å². The van der Waals surface area contributed by atoms with E-state index in [1.165, 1.54) is 11.3 Å². The predicted molar refractivity (Wildman–Crippen MR) is 86.5 cm³/mol. The van der Waals surface area contributed by atoms with Crippen molar-refractivity contribution in [3.8, 4) is 0 Å². The summed E-state index contributed by atoms with van der Waals surface area (Å²) in [6, 6.07) is 3.83. The smallest absolute Gasteiger partial charge is 0.273 e. The third-order valence-electron chi connectivity index (χ3n) is 4.46. The molecule has 2 saturated heterocycles. The first-order valence-corrected chi connectivity index (χ1v) is 8.57. The van der Waals surface area contributed by atoms with Crippen LogP contribution in [0.5, 0.6) is 0 Å². The standard InChI is InChI=1S/C15H15ClN4OS/c16-12-1-2-14(17-3-12)19-4-10-6-20(7-11(10)5-19)15(21)13-8-22-9-18-13/h1-3,8-11H,4-7H2. The van der Waals surface area contributed by atoms with Crippen LogP contribution in [0.1, 0.15) is 10.5 Å². The number of anilines is 1. The van der Waals surface area contributed by atoms with Crippen molar-refractivity contribution in [2.24, 2.45) is 11.8 Å². The number of amides is 1. The zero-order chi connectivity index (χ0) is 15.1. The third kappa shape index (κ3) is 2.46. The lowest BCUT2D eigenvalue weighted by Crippen LogP contribution is -2.33. The van der Waals surface area contributed by atoms with Gasteiger partial charge in [-0.15, -0.1) is 11.3 Å². The summed E-state index contributed by atoms with van der Waals surface area (Å²) in [5.74, 6) is 2.06. The van der Waals surface area contributed by atoms with E-state index in [9.17, 15) is 4.79 Å². The molecule has 114 valence electrons. The fourth-order valence-corrected chi connectivity index (χ4v) is 4.02. The van der Waals surface area contributed by atoms with Crippen LogP contribution >= 0.6 is 22.9 Å². The Hall–Kier alpha value is -1.66. The molecule has 2 unspecified atom stereocenters. The first-order valence-electron chi connectivity index (χ1n) is 7.24. The molecule has 0 spiro atoms. The molecule has 2 aliphatic heterocycles. The number of rotatable bonds is 2. The summed E-state index contributed by atoms with van der Waals surface area (Å²) in [6.07, 6.45) is 1.68. The summed E-state index contributed by atoms with van der Waals surface area (Å²) >= 11 is 7.35. The average Bonchev–Trinajstić information content (AvgIpc) is 3.23. The van der Waals surface area contributed by atoms with E-state index in [0.717, 1.165) is 32.0 Å². The van der Waals surface area contributed by atoms with E-state index < -0.39 is 0 Å². The quantitative estimate of drug-likeness (QED) is 0.846. The van der Waals surface area contributed by atoms with E-state index in [1.807, 2.05) is 22.4 Å². The van der Waals surface area contributed by atoms with Gasteiger partial charge in [0, 0.05) is 49.6 Å². The largest absolute Gasteiger partial charge is 0.356 e. The molecule has 4 rings (SSSR count). The average molecular weight is 335 g/mol. The molecular formula is C15H15ClN4OS. The molecular weight excluding hydrogens is 320 g/mol. The molecule has 2 aromatic rings. The van der Waals surface area contributed by atoms with Gasteiger partial charge in [-0.25, -0.2) is 9.97 Å². The summed E-state index contributed by atoms with van der Waals surface area (Å²) in [6.45, 7) is 3.51. The number of halogens is 1. The van der Waals surface area contributed by atoms with Crippen molar-refractivity contribution in [3.63, 3.8) is 0 Å². The highest BCUT2D eigenvalue weighted by atomic mass is 35.5. The highest BCUT2D eigenvalue weighted by Crippen LogP contribution is 2.34. The summed E-state index contributed by atoms with van der Waals surface area (Å²) < 4.78 is 0. The molecule has 7 heteroatoms. The first-order chi connectivity index (χ1) is 10.7. The number of fused-ring (bicyclic) bond motifs is 1. The highest BCUT2D eigenvalue weighted by Gasteiger charge is 2.42. The van der Waals surface area contributed by atoms with Crippen LogP contribution in [0, 0.1) is 11.8 Å². The van der Waals surface area contributed by atoms with Crippen molar-refractivity contribution in [2.45, 2.75) is 0 Å². The molecule has 1 amide bonds. The van der Waals surface area contributed by atoms with Gasteiger partial charge >= 0.3 is 0 Å². The third-order valence-corrected chi connectivity index (χ3v) is 5.27. The SMILES string of the molecule is O=C(c1cscn1)N1CC2CN(c3ccc(Cl)cn3)CC2C1. The maximum atomic E-state index is 12.4. The molecule has 0 aliphatic carbocycles. The fourth-order valence-electron chi connectivity index (χ4n) is 3.38. The Morgan fingerprint density at radius 3 is 2.55 bits per heavy atom. The van der Waals surface area contributed by atoms with Crippen molar-refractivity contribution in [1.29, 1.82) is 0 Å². The second-order valence-corrected chi connectivity index (χ2v) is 7.00. The Morgan fingerprint density at radius 1 is 1.18 bits per heavy atom. The summed E-state index contributed by atoms with van der Waals surface area (Å²) in [4.78, 5) is 25.1. The molecule has 0 aromatic carbocycles. The highest BCUT2D eigenvalue weighted by molar-refractivity contribution is 7.07. The lowest BCUT2D eigenvalue weighted by molar-refractivity contribution is 0.0777. The van der Waals surface area contributed by atoms with Crippen LogP contribution in [0.15, 0.2) is 29.2 Å². The van der Waals surface area contributed by atoms with Crippen molar-refractivity contribution in [3.05, 3.63) is 39.9 Å². The Balaban J connectivity index is 1.42. The van der Waals surface area contributed by atoms with Gasteiger partial charge in [-0.3, -0.25) is 4.79 Å². The van der Waals surface area contributed by atoms with E-state index in [0.29, 0.717) is 22.6 Å². The van der Waals surface area contributed by atoms with Gasteiger partial charge in [-0.2, -0.15) is 0 Å². The first kappa shape index (κ1) is 14.0. The number of pyridine rings is 1. The van der Waals surface area contributed by atoms with E-state index in [2.05, 4.69) is 14.9 Å². The van der Waals surface area contributed by atoms with Crippen molar-refractivity contribution >= 4 is 34.7 Å². The normalized spacial score (nSPS) is 23.9. The minimum absolute atomic E-state index is 0.0619. The Bertz CT molecular complexity index is 661. The van der Waals surface area contributed by atoms with Gasteiger partial charge in [0.1, 0.15) is 11.5 Å². The monoisotopic (exact) mass is 334 g/mol. The molecule has 2 atom stereocenters. The number of likely N-dealkylation sites (tertiary alicyclic amines) is 1. The van der Waals surface area contributed by atoms with Crippen LogP contribution in [0.3, 0.4) is 0 Å². The fraction of sp³-hybridized carbons (Fsp3) is 0.400. The summed E-state index contributed by atoms with van der Waals surface area (Å²) in [7, 11) is 0. The van der Waals surface area contributed by atoms with Gasteiger partial charge in [0.15, 0.2) is 0 Å². The minimum atomic E-state index is 0.0619. The summed E-state index contributed by atoms with van der Waals surface area (Å²) in [5, 5.41) is 2.48. The second kappa shape index (κ2) is 5.52. The molecule has 2 aromatic heterocycles. The van der Waals surface area contributed by atoms with Crippen LogP contribution in [-0.2, 0) is 0 Å². The van der Waals surface area contributed by atoms with Crippen molar-refractivity contribution in [2.75, 3.05) is 31.1 Å². The zero-order valence-corrected chi connectivity index (χ0v) is 13.4. The number of nitrogens with zero attached hydrogens (tertiary/aromatic N) is 4. The van der Waals surface area contributed by atoms with Crippen LogP contribution in [0.2, 0.25) is 5.02 Å². The van der Waals surface area contributed by atoms with Gasteiger partial charge in [-0.1, -0.05) is 11.6 Å². The van der Waals surface area contributed by atoms with Crippen LogP contribution in [-0.4, -0.2) is 47.0 Å². The van der Waals surface area contributed by atoms with Gasteiger partial charge < -0.3 is 9.80 Å². The predicted octanol–water partition coefficient (Wildman–Crippen LogP) is 2.40. The minimum Gasteiger partial charge on any atom is -0.356 e. The van der Waals surface area contributed by atoms with E-state index >= 15 is 0 Å². The number of aromatic nitrogens is 2. The molecule has 0 saturated carbocycles. The van der Waals surface area contributed by atoms with Crippen LogP contribution in [0.4, 0.5) is 5.82 Å². The molecule has 0 radical (unpaired) electrons. The molecule has 2 aliphatic rings. The van der Waals surface area contributed by atoms with Crippen LogP contribution < -0.4 is 4.90 Å². The lowest BCUT2D eigenvalue weighted by atomic mass is 10.0. The zero-order valence-electron chi connectivity index (χ0n) is 11.9. The topological polar surface area (TPSA) is 49.3 Å². The number of carbonyl (C=O) groups is 1. The summed E-state index contributed by atoms with van der Waals surface area (Å²) in [5.41, 5.74) is 2.28. The van der Waals surface area contributed by atoms with Crippen LogP contribution in [0.25, 0.3) is 0 Å². The Labute approximate surface area is 137 Å². The Kier molecular flexibility index (Phi) is 3.50. The van der Waals surface area contributed by atoms with E-state index in [4.69, 9.17) is 11.6 Å². The second-order valence-electron chi connectivity index (χ2n) is 5.84. The molecule has 2 fully saturated rings. The Morgan fingerprint density at radius 2 is 1.95 bits per heavy atom. The van der Waals surface area contributed by atoms with E-state index in [-0.39, 0.29) is 5.91 Å². The molecule has 4 heterocycles. The molecule has 0 bridgehead atoms. The molecule has 22 heavy (non-hydrogen) atoms. The van der Waals surface area contributed by atoms with Gasteiger partial charge in [0.2, 0.25) is 0 Å². The molecule has 0 N–H and O–H groups in total. The maximum Gasteiger partial charge on any atom is 0.273 e. The van der Waals surface area contributed by atoms with Gasteiger partial charge in [0.05, 0.1) is 10.5 Å². The van der Waals surface area contributed by atoms with Crippen molar-refractivity contribution in [1.82, 2.24) is 14.9 Å². The number of thiazole rings is 1. The maximum absolute atomic E-state index is 12.4. The number of hydrogen-bond donors (Lipinski definition) is 0. The number of carbonyl (C=O) groups excluding carboxylic acids is 1. The van der Waals surface area contributed by atoms with Crippen molar-refractivity contribution < 1.29 is 4.79 Å². The van der Waals surface area contributed by atoms with Gasteiger partial charge in [0.25, 0.3) is 5.91 Å². The van der Waals surface area contributed by atoms with Gasteiger partial charge in [-0.05, 0) is 12.1 Å². The lowest BCUT2D eigenvalue weighted by Gasteiger charge is -2.22. The molecule has 5 nitrogen and oxygen atoms in total. The number of hydrogen-bond acceptors (Lipinski definition) is 5.